The van der Waals surface area contributed by atoms with Crippen molar-refractivity contribution in [2.75, 3.05) is 25.0 Å². The van der Waals surface area contributed by atoms with Gasteiger partial charge in [0.15, 0.2) is 5.82 Å². The number of nitrogens with one attached hydrogen (secondary N) is 5. The number of aryl methyl sites for hydroxylation is 1. The number of benzene rings is 3. The standard InChI is InChI=1S/C38H45F2N7O3/c1-22-18-27(37(49)43-28-14-16-42-17-15-28)10-12-30(22)25-6-2-23(3-7-25)19-33(47-36(48)26-8-4-24(21-41)5-9-26)38(50)44-29-11-13-31-32(20-29)46-35(45-31)34(39)40/h2-3,6-7,10-13,18,20,24,26,28,33-34,42H,4-5,8-9,14-17,19,21,41H2,1H3,(H,43,49)(H,44,50)(H,45,46)(H,47,48)/t24-,26-,33-/m0/s1. The summed E-state index contributed by atoms with van der Waals surface area (Å²) in [5.41, 5.74) is 11.4. The minimum atomic E-state index is -2.75. The lowest BCUT2D eigenvalue weighted by atomic mass is 9.81. The lowest BCUT2D eigenvalue weighted by molar-refractivity contribution is -0.130. The van der Waals surface area contributed by atoms with Gasteiger partial charge in [0.25, 0.3) is 12.3 Å². The summed E-state index contributed by atoms with van der Waals surface area (Å²) in [6.07, 6.45) is 2.53. The average Bonchev–Trinajstić information content (AvgIpc) is 3.56. The molecule has 1 aromatic heterocycles. The molecule has 1 saturated carbocycles. The molecule has 264 valence electrons. The molecule has 1 aliphatic heterocycles. The Morgan fingerprint density at radius 1 is 0.940 bits per heavy atom. The first-order chi connectivity index (χ1) is 24.2. The Bertz CT molecular complexity index is 1810. The van der Waals surface area contributed by atoms with Gasteiger partial charge in [-0.25, -0.2) is 13.8 Å². The van der Waals surface area contributed by atoms with Crippen LogP contribution < -0.4 is 27.0 Å². The van der Waals surface area contributed by atoms with Crippen LogP contribution in [-0.2, 0) is 16.0 Å². The number of carbonyl (C=O) groups excluding carboxylic acids is 3. The maximum Gasteiger partial charge on any atom is 0.295 e. The number of halogens is 2. The van der Waals surface area contributed by atoms with Crippen molar-refractivity contribution in [2.45, 2.75) is 70.4 Å². The van der Waals surface area contributed by atoms with E-state index in [9.17, 15) is 23.2 Å². The maximum atomic E-state index is 13.7. The second kappa shape index (κ2) is 15.9. The molecule has 0 unspecified atom stereocenters. The van der Waals surface area contributed by atoms with Gasteiger partial charge in [0.05, 0.1) is 11.0 Å². The number of amides is 3. The molecule has 2 fully saturated rings. The topological polar surface area (TPSA) is 154 Å². The second-order valence-electron chi connectivity index (χ2n) is 13.6. The van der Waals surface area contributed by atoms with E-state index >= 15 is 0 Å². The number of fused-ring (bicyclic) bond motifs is 1. The molecule has 50 heavy (non-hydrogen) atoms. The predicted octanol–water partition coefficient (Wildman–Crippen LogP) is 5.39. The van der Waals surface area contributed by atoms with E-state index in [0.717, 1.165) is 73.9 Å². The molecule has 2 aliphatic rings. The second-order valence-corrected chi connectivity index (χ2v) is 13.6. The van der Waals surface area contributed by atoms with Crippen LogP contribution >= 0.6 is 0 Å². The number of aromatic amines is 1. The molecule has 2 heterocycles. The van der Waals surface area contributed by atoms with Gasteiger partial charge in [-0.15, -0.1) is 0 Å². The van der Waals surface area contributed by atoms with Gasteiger partial charge in [0.1, 0.15) is 6.04 Å². The van der Waals surface area contributed by atoms with Crippen LogP contribution in [0.1, 0.15) is 72.3 Å². The first-order valence-corrected chi connectivity index (χ1v) is 17.5. The Hall–Kier alpha value is -4.68. The zero-order chi connectivity index (χ0) is 35.2. The Kier molecular flexibility index (Phi) is 11.2. The molecule has 1 aliphatic carbocycles. The molecule has 0 radical (unpaired) electrons. The van der Waals surface area contributed by atoms with Crippen LogP contribution in [0.3, 0.4) is 0 Å². The van der Waals surface area contributed by atoms with Gasteiger partial charge in [0, 0.05) is 29.6 Å². The molecular formula is C38H45F2N7O3. The van der Waals surface area contributed by atoms with Crippen LogP contribution in [0.5, 0.6) is 0 Å². The third kappa shape index (κ3) is 8.54. The van der Waals surface area contributed by atoms with Gasteiger partial charge in [-0.05, 0) is 124 Å². The van der Waals surface area contributed by atoms with Crippen LogP contribution in [0.4, 0.5) is 14.5 Å². The summed E-state index contributed by atoms with van der Waals surface area (Å²) in [4.78, 5) is 46.5. The number of rotatable bonds is 11. The number of imidazole rings is 1. The van der Waals surface area contributed by atoms with Crippen molar-refractivity contribution in [3.8, 4) is 11.1 Å². The van der Waals surface area contributed by atoms with Gasteiger partial charge in [0.2, 0.25) is 11.8 Å². The summed E-state index contributed by atoms with van der Waals surface area (Å²) >= 11 is 0. The highest BCUT2D eigenvalue weighted by molar-refractivity contribution is 5.99. The molecule has 7 N–H and O–H groups in total. The molecule has 3 aromatic carbocycles. The number of nitrogens with zero attached hydrogens (tertiary/aromatic N) is 1. The Balaban J connectivity index is 1.16. The molecule has 10 nitrogen and oxygen atoms in total. The number of nitrogens with two attached hydrogens (primary N) is 1. The van der Waals surface area contributed by atoms with E-state index in [0.29, 0.717) is 34.7 Å². The summed E-state index contributed by atoms with van der Waals surface area (Å²) in [7, 11) is 0. The number of piperidine rings is 1. The smallest absolute Gasteiger partial charge is 0.295 e. The van der Waals surface area contributed by atoms with Crippen LogP contribution in [0.15, 0.2) is 60.7 Å². The highest BCUT2D eigenvalue weighted by Gasteiger charge is 2.29. The first-order valence-electron chi connectivity index (χ1n) is 17.5. The molecule has 1 saturated heterocycles. The van der Waals surface area contributed by atoms with Crippen LogP contribution in [0.2, 0.25) is 0 Å². The monoisotopic (exact) mass is 685 g/mol. The van der Waals surface area contributed by atoms with Crippen molar-refractivity contribution in [1.82, 2.24) is 25.9 Å². The maximum absolute atomic E-state index is 13.7. The number of alkyl halides is 2. The van der Waals surface area contributed by atoms with Crippen LogP contribution in [0.25, 0.3) is 22.2 Å². The number of anilines is 1. The molecule has 0 bridgehead atoms. The Labute approximate surface area is 290 Å². The normalized spacial score (nSPS) is 18.9. The molecule has 1 atom stereocenters. The third-order valence-electron chi connectivity index (χ3n) is 10.0. The van der Waals surface area contributed by atoms with Gasteiger partial charge >= 0.3 is 0 Å². The van der Waals surface area contributed by atoms with E-state index in [4.69, 9.17) is 5.73 Å². The van der Waals surface area contributed by atoms with Crippen molar-refractivity contribution >= 4 is 34.4 Å². The quantitative estimate of drug-likeness (QED) is 0.125. The molecule has 12 heteroatoms. The zero-order valence-electron chi connectivity index (χ0n) is 28.2. The van der Waals surface area contributed by atoms with E-state index in [1.165, 1.54) is 0 Å². The predicted molar refractivity (Wildman–Crippen MR) is 190 cm³/mol. The van der Waals surface area contributed by atoms with E-state index in [2.05, 4.69) is 31.2 Å². The number of carbonyl (C=O) groups is 3. The number of hydrogen-bond acceptors (Lipinski definition) is 6. The fourth-order valence-electron chi connectivity index (χ4n) is 7.02. The van der Waals surface area contributed by atoms with E-state index in [1.807, 2.05) is 49.4 Å². The molecule has 6 rings (SSSR count). The highest BCUT2D eigenvalue weighted by atomic mass is 19.3. The van der Waals surface area contributed by atoms with Crippen molar-refractivity contribution in [2.24, 2.45) is 17.6 Å². The minimum Gasteiger partial charge on any atom is -0.349 e. The lowest BCUT2D eigenvalue weighted by Gasteiger charge is -2.28. The first kappa shape index (κ1) is 35.2. The van der Waals surface area contributed by atoms with Crippen molar-refractivity contribution in [3.63, 3.8) is 0 Å². The molecular weight excluding hydrogens is 640 g/mol. The number of aromatic nitrogens is 2. The van der Waals surface area contributed by atoms with Gasteiger partial charge in [-0.1, -0.05) is 30.3 Å². The molecule has 3 amide bonds. The number of hydrogen-bond donors (Lipinski definition) is 6. The van der Waals surface area contributed by atoms with Crippen molar-refractivity contribution in [3.05, 3.63) is 83.2 Å². The van der Waals surface area contributed by atoms with Gasteiger partial charge in [-0.2, -0.15) is 0 Å². The highest BCUT2D eigenvalue weighted by Crippen LogP contribution is 2.29. The summed E-state index contributed by atoms with van der Waals surface area (Å²) < 4.78 is 26.4. The fraction of sp³-hybridized carbons (Fsp3) is 0.421. The van der Waals surface area contributed by atoms with E-state index in [1.54, 1.807) is 18.2 Å². The van der Waals surface area contributed by atoms with Crippen LogP contribution in [0, 0.1) is 18.8 Å². The third-order valence-corrected chi connectivity index (χ3v) is 10.0. The number of H-pyrrole nitrogens is 1. The van der Waals surface area contributed by atoms with Crippen LogP contribution in [-0.4, -0.2) is 59.4 Å². The summed E-state index contributed by atoms with van der Waals surface area (Å²) in [6.45, 7) is 4.39. The Morgan fingerprint density at radius 3 is 2.36 bits per heavy atom. The summed E-state index contributed by atoms with van der Waals surface area (Å²) in [6, 6.07) is 17.6. The minimum absolute atomic E-state index is 0.0666. The lowest BCUT2D eigenvalue weighted by Crippen LogP contribution is -2.48. The van der Waals surface area contributed by atoms with Gasteiger partial charge < -0.3 is 32.0 Å². The fourth-order valence-corrected chi connectivity index (χ4v) is 7.02. The molecule has 0 spiro atoms. The van der Waals surface area contributed by atoms with Gasteiger partial charge in [-0.3, -0.25) is 14.4 Å². The average molecular weight is 686 g/mol. The molecule has 4 aromatic rings. The van der Waals surface area contributed by atoms with Crippen molar-refractivity contribution < 1.29 is 23.2 Å². The van der Waals surface area contributed by atoms with E-state index in [-0.39, 0.29) is 30.2 Å². The van der Waals surface area contributed by atoms with E-state index < -0.39 is 24.2 Å². The largest absolute Gasteiger partial charge is 0.349 e. The van der Waals surface area contributed by atoms with Crippen molar-refractivity contribution in [1.29, 1.82) is 0 Å². The Morgan fingerprint density at radius 2 is 1.68 bits per heavy atom. The summed E-state index contributed by atoms with van der Waals surface area (Å²) in [5.74, 6) is -0.870. The zero-order valence-corrected chi connectivity index (χ0v) is 28.2. The summed E-state index contributed by atoms with van der Waals surface area (Å²) in [5, 5.41) is 12.3. The SMILES string of the molecule is Cc1cc(C(=O)NC2CCNCC2)ccc1-c1ccc(C[C@H](NC(=O)[C@H]2CC[C@H](CN)CC2)C(=O)Nc2ccc3nc(C(F)F)[nH]c3c2)cc1.